The van der Waals surface area contributed by atoms with Gasteiger partial charge in [-0.2, -0.15) is 0 Å². The number of hydrogen-bond donors (Lipinski definition) is 2. The smallest absolute Gasteiger partial charge is 0.236 e. The van der Waals surface area contributed by atoms with E-state index in [2.05, 4.69) is 39.9 Å². The molecule has 1 saturated heterocycles. The van der Waals surface area contributed by atoms with Crippen molar-refractivity contribution in [2.75, 3.05) is 5.75 Å². The van der Waals surface area contributed by atoms with Gasteiger partial charge in [0, 0.05) is 22.9 Å². The van der Waals surface area contributed by atoms with E-state index in [9.17, 15) is 4.79 Å². The van der Waals surface area contributed by atoms with E-state index in [1.165, 1.54) is 0 Å². The molecule has 1 heterocycles. The summed E-state index contributed by atoms with van der Waals surface area (Å²) < 4.78 is -0.230. The lowest BCUT2D eigenvalue weighted by Gasteiger charge is -2.63. The molecule has 1 atom stereocenters. The fraction of sp³-hybridized carbons (Fsp3) is 0.929. The average Bonchev–Trinajstić information content (AvgIpc) is 2.72. The van der Waals surface area contributed by atoms with Crippen LogP contribution in [0.2, 0.25) is 0 Å². The molecule has 1 aliphatic carbocycles. The van der Waals surface area contributed by atoms with Crippen LogP contribution in [0.3, 0.4) is 0 Å². The minimum atomic E-state index is -0.230. The Morgan fingerprint density at radius 3 is 2.22 bits per heavy atom. The summed E-state index contributed by atoms with van der Waals surface area (Å²) in [4.78, 5) is 12.5. The van der Waals surface area contributed by atoms with Crippen LogP contribution < -0.4 is 11.1 Å². The van der Waals surface area contributed by atoms with Gasteiger partial charge in [-0.3, -0.25) is 4.79 Å². The zero-order valence-corrected chi connectivity index (χ0v) is 13.0. The van der Waals surface area contributed by atoms with Gasteiger partial charge < -0.3 is 11.1 Å². The Morgan fingerprint density at radius 1 is 1.22 bits per heavy atom. The van der Waals surface area contributed by atoms with Crippen molar-refractivity contribution in [1.29, 1.82) is 0 Å². The maximum atomic E-state index is 12.5. The Morgan fingerprint density at radius 2 is 1.78 bits per heavy atom. The van der Waals surface area contributed by atoms with Gasteiger partial charge in [-0.15, -0.1) is 11.8 Å². The van der Waals surface area contributed by atoms with Crippen molar-refractivity contribution < 1.29 is 4.79 Å². The second kappa shape index (κ2) is 4.14. The standard InChI is InChI=1S/C14H26N2OS/c1-12(2)9(15)13(3,4)10(12)16-11(17)14(5)7-6-8-18-14/h9-10H,6-8,15H2,1-5H3,(H,16,17). The van der Waals surface area contributed by atoms with E-state index in [1.807, 2.05) is 0 Å². The summed E-state index contributed by atoms with van der Waals surface area (Å²) in [5.41, 5.74) is 6.20. The van der Waals surface area contributed by atoms with Crippen LogP contribution in [0.25, 0.3) is 0 Å². The van der Waals surface area contributed by atoms with E-state index in [0.717, 1.165) is 18.6 Å². The minimum absolute atomic E-state index is 0.0151. The van der Waals surface area contributed by atoms with Crippen molar-refractivity contribution in [3.63, 3.8) is 0 Å². The molecule has 1 aliphatic heterocycles. The van der Waals surface area contributed by atoms with Gasteiger partial charge in [-0.05, 0) is 25.5 Å². The molecular formula is C14H26N2OS. The Kier molecular flexibility index (Phi) is 3.26. The van der Waals surface area contributed by atoms with E-state index < -0.39 is 0 Å². The summed E-state index contributed by atoms with van der Waals surface area (Å²) in [6.45, 7) is 10.7. The van der Waals surface area contributed by atoms with Crippen LogP contribution in [0, 0.1) is 10.8 Å². The third-order valence-corrected chi connectivity index (χ3v) is 6.59. The molecule has 3 nitrogen and oxygen atoms in total. The second-order valence-electron chi connectivity index (χ2n) is 7.21. The molecule has 1 amide bonds. The van der Waals surface area contributed by atoms with Crippen LogP contribution in [0.4, 0.5) is 0 Å². The Balaban J connectivity index is 2.08. The molecule has 1 unspecified atom stereocenters. The summed E-state index contributed by atoms with van der Waals surface area (Å²) in [7, 11) is 0. The summed E-state index contributed by atoms with van der Waals surface area (Å²) in [6, 6.07) is 0.310. The van der Waals surface area contributed by atoms with Crippen molar-refractivity contribution in [2.24, 2.45) is 16.6 Å². The lowest BCUT2D eigenvalue weighted by molar-refractivity contribution is -0.134. The molecule has 2 fully saturated rings. The highest BCUT2D eigenvalue weighted by Crippen LogP contribution is 2.53. The van der Waals surface area contributed by atoms with Crippen molar-refractivity contribution >= 4 is 17.7 Å². The van der Waals surface area contributed by atoms with Crippen LogP contribution in [-0.4, -0.2) is 28.5 Å². The Labute approximate surface area is 115 Å². The second-order valence-corrected chi connectivity index (χ2v) is 8.81. The molecule has 2 rings (SSSR count). The quantitative estimate of drug-likeness (QED) is 0.808. The van der Waals surface area contributed by atoms with E-state index in [4.69, 9.17) is 5.73 Å². The largest absolute Gasteiger partial charge is 0.351 e. The predicted octanol–water partition coefficient (Wildman–Crippen LogP) is 2.15. The van der Waals surface area contributed by atoms with Gasteiger partial charge in [-0.1, -0.05) is 27.7 Å². The first-order valence-corrected chi connectivity index (χ1v) is 7.81. The molecule has 4 heteroatoms. The third kappa shape index (κ3) is 1.88. The fourth-order valence-corrected chi connectivity index (χ4v) is 5.01. The monoisotopic (exact) mass is 270 g/mol. The molecule has 18 heavy (non-hydrogen) atoms. The van der Waals surface area contributed by atoms with Crippen LogP contribution in [0.15, 0.2) is 0 Å². The topological polar surface area (TPSA) is 55.1 Å². The zero-order chi connectivity index (χ0) is 13.8. The predicted molar refractivity (Wildman–Crippen MR) is 77.6 cm³/mol. The molecule has 0 spiro atoms. The third-order valence-electron chi connectivity index (χ3n) is 5.07. The van der Waals surface area contributed by atoms with Crippen LogP contribution >= 0.6 is 11.8 Å². The van der Waals surface area contributed by atoms with Crippen LogP contribution in [0.5, 0.6) is 0 Å². The highest BCUT2D eigenvalue weighted by atomic mass is 32.2. The van der Waals surface area contributed by atoms with Crippen molar-refractivity contribution in [3.8, 4) is 0 Å². The number of carbonyl (C=O) groups is 1. The number of hydrogen-bond acceptors (Lipinski definition) is 3. The summed E-state index contributed by atoms with van der Waals surface area (Å²) in [5, 5.41) is 3.27. The van der Waals surface area contributed by atoms with Crippen molar-refractivity contribution in [1.82, 2.24) is 5.32 Å². The summed E-state index contributed by atoms with van der Waals surface area (Å²) in [6.07, 6.45) is 2.13. The van der Waals surface area contributed by atoms with E-state index in [1.54, 1.807) is 11.8 Å². The molecule has 3 N–H and O–H groups in total. The van der Waals surface area contributed by atoms with Crippen molar-refractivity contribution in [3.05, 3.63) is 0 Å². The lowest BCUT2D eigenvalue weighted by atomic mass is 9.48. The van der Waals surface area contributed by atoms with Gasteiger partial charge in [0.1, 0.15) is 0 Å². The number of carbonyl (C=O) groups excluding carboxylic acids is 1. The molecular weight excluding hydrogens is 244 g/mol. The summed E-state index contributed by atoms with van der Waals surface area (Å²) in [5.74, 6) is 1.30. The van der Waals surface area contributed by atoms with Gasteiger partial charge in [-0.25, -0.2) is 0 Å². The molecule has 0 aromatic rings. The van der Waals surface area contributed by atoms with Gasteiger partial charge in [0.2, 0.25) is 5.91 Å². The first-order valence-electron chi connectivity index (χ1n) is 6.83. The minimum Gasteiger partial charge on any atom is -0.351 e. The molecule has 0 aromatic heterocycles. The Bertz CT molecular complexity index is 343. The van der Waals surface area contributed by atoms with Crippen LogP contribution in [0.1, 0.15) is 47.5 Å². The van der Waals surface area contributed by atoms with Gasteiger partial charge in [0.25, 0.3) is 0 Å². The molecule has 1 saturated carbocycles. The number of nitrogens with two attached hydrogens (primary N) is 1. The van der Waals surface area contributed by atoms with Gasteiger partial charge in [0.05, 0.1) is 4.75 Å². The molecule has 2 aliphatic rings. The van der Waals surface area contributed by atoms with Gasteiger partial charge in [0.15, 0.2) is 0 Å². The number of amides is 1. The fourth-order valence-electron chi connectivity index (χ4n) is 3.79. The maximum absolute atomic E-state index is 12.5. The highest BCUT2D eigenvalue weighted by Gasteiger charge is 2.61. The van der Waals surface area contributed by atoms with Gasteiger partial charge >= 0.3 is 0 Å². The highest BCUT2D eigenvalue weighted by molar-refractivity contribution is 8.01. The van der Waals surface area contributed by atoms with Crippen LogP contribution in [-0.2, 0) is 4.79 Å². The number of thioether (sulfide) groups is 1. The molecule has 0 radical (unpaired) electrons. The number of rotatable bonds is 2. The number of nitrogens with one attached hydrogen (secondary N) is 1. The Hall–Kier alpha value is -0.220. The molecule has 104 valence electrons. The maximum Gasteiger partial charge on any atom is 0.236 e. The lowest BCUT2D eigenvalue weighted by Crippen LogP contribution is -2.76. The first kappa shape index (κ1) is 14.2. The SMILES string of the molecule is CC1(C(=O)NC2C(C)(C)C(N)C2(C)C)CCCS1. The normalized spacial score (nSPS) is 41.2. The molecule has 0 bridgehead atoms. The summed E-state index contributed by atoms with van der Waals surface area (Å²) >= 11 is 1.79. The molecule has 0 aromatic carbocycles. The van der Waals surface area contributed by atoms with Crippen molar-refractivity contribution in [2.45, 2.75) is 64.3 Å². The van der Waals surface area contributed by atoms with E-state index >= 15 is 0 Å². The first-order chi connectivity index (χ1) is 8.12. The van der Waals surface area contributed by atoms with E-state index in [-0.39, 0.29) is 33.6 Å². The zero-order valence-electron chi connectivity index (χ0n) is 12.2. The average molecular weight is 270 g/mol. The van der Waals surface area contributed by atoms with E-state index in [0.29, 0.717) is 0 Å².